The summed E-state index contributed by atoms with van der Waals surface area (Å²) in [5, 5.41) is 0. The molecule has 0 aromatic carbocycles. The van der Waals surface area contributed by atoms with Gasteiger partial charge in [-0.2, -0.15) is 0 Å². The van der Waals surface area contributed by atoms with Gasteiger partial charge in [0.05, 0.1) is 13.2 Å². The highest BCUT2D eigenvalue weighted by Crippen LogP contribution is 1.96. The van der Waals surface area contributed by atoms with Crippen LogP contribution in [0.2, 0.25) is 0 Å². The fraction of sp³-hybridized carbons (Fsp3) is 0.571. The van der Waals surface area contributed by atoms with Gasteiger partial charge in [-0.1, -0.05) is 6.58 Å². The second-order valence-corrected chi connectivity index (χ2v) is 2.10. The van der Waals surface area contributed by atoms with E-state index in [4.69, 9.17) is 11.3 Å². The van der Waals surface area contributed by atoms with E-state index in [1.807, 2.05) is 0 Å². The molecule has 1 fully saturated rings. The quantitative estimate of drug-likeness (QED) is 0.473. The molecule has 0 spiro atoms. The van der Waals surface area contributed by atoms with E-state index in [1.165, 1.54) is 0 Å². The molecule has 0 aromatic rings. The van der Waals surface area contributed by atoms with Crippen LogP contribution in [0, 0.1) is 6.58 Å². The Morgan fingerprint density at radius 2 is 2.10 bits per heavy atom. The van der Waals surface area contributed by atoms with Crippen LogP contribution in [0.5, 0.6) is 0 Å². The van der Waals surface area contributed by atoms with Gasteiger partial charge in [-0.25, -0.2) is 0 Å². The first-order valence-corrected chi connectivity index (χ1v) is 3.26. The summed E-state index contributed by atoms with van der Waals surface area (Å²) >= 11 is 0. The molecule has 0 bridgehead atoms. The van der Waals surface area contributed by atoms with E-state index in [0.29, 0.717) is 26.3 Å². The first-order valence-electron chi connectivity index (χ1n) is 3.26. The molecule has 1 aliphatic rings. The predicted octanol–water partition coefficient (Wildman–Crippen LogP) is -0.166. The third kappa shape index (κ3) is 1.57. The number of hydrogen-bond donors (Lipinski definition) is 0. The van der Waals surface area contributed by atoms with E-state index in [0.717, 1.165) is 6.08 Å². The SMILES string of the molecule is [CH]=CC(=O)N1CCOCC1. The van der Waals surface area contributed by atoms with Gasteiger partial charge in [-0.05, 0) is 0 Å². The molecular formula is C7H10NO2. The van der Waals surface area contributed by atoms with E-state index in [2.05, 4.69) is 0 Å². The van der Waals surface area contributed by atoms with Gasteiger partial charge in [0.2, 0.25) is 5.91 Å². The van der Waals surface area contributed by atoms with Gasteiger partial charge in [0.1, 0.15) is 0 Å². The van der Waals surface area contributed by atoms with Crippen molar-refractivity contribution in [2.75, 3.05) is 26.3 Å². The van der Waals surface area contributed by atoms with Crippen LogP contribution in [0.4, 0.5) is 0 Å². The molecule has 3 nitrogen and oxygen atoms in total. The second-order valence-electron chi connectivity index (χ2n) is 2.10. The lowest BCUT2D eigenvalue weighted by Gasteiger charge is -2.25. The van der Waals surface area contributed by atoms with Gasteiger partial charge in [0, 0.05) is 19.2 Å². The smallest absolute Gasteiger partial charge is 0.246 e. The van der Waals surface area contributed by atoms with Gasteiger partial charge >= 0.3 is 0 Å². The van der Waals surface area contributed by atoms with Crippen LogP contribution >= 0.6 is 0 Å². The Morgan fingerprint density at radius 1 is 1.50 bits per heavy atom. The topological polar surface area (TPSA) is 29.5 Å². The standard InChI is InChI=1S/C7H10NO2/c1-2-7(9)8-3-5-10-6-4-8/h1-2H,3-6H2. The molecular weight excluding hydrogens is 130 g/mol. The van der Waals surface area contributed by atoms with Crippen molar-refractivity contribution in [3.63, 3.8) is 0 Å². The summed E-state index contributed by atoms with van der Waals surface area (Å²) in [7, 11) is 0. The number of carbonyl (C=O) groups is 1. The average molecular weight is 140 g/mol. The highest BCUT2D eigenvalue weighted by Gasteiger charge is 2.12. The van der Waals surface area contributed by atoms with E-state index in [1.54, 1.807) is 4.90 Å². The van der Waals surface area contributed by atoms with Crippen LogP contribution in [0.15, 0.2) is 6.08 Å². The Morgan fingerprint density at radius 3 is 2.60 bits per heavy atom. The van der Waals surface area contributed by atoms with Crippen molar-refractivity contribution < 1.29 is 9.53 Å². The van der Waals surface area contributed by atoms with Crippen molar-refractivity contribution in [3.8, 4) is 0 Å². The molecule has 1 radical (unpaired) electrons. The highest BCUT2D eigenvalue weighted by atomic mass is 16.5. The molecule has 0 saturated carbocycles. The van der Waals surface area contributed by atoms with Gasteiger partial charge in [0.15, 0.2) is 0 Å². The summed E-state index contributed by atoms with van der Waals surface area (Å²) in [6.07, 6.45) is 1.09. The molecule has 0 aliphatic carbocycles. The first kappa shape index (κ1) is 7.28. The lowest BCUT2D eigenvalue weighted by Crippen LogP contribution is -2.39. The fourth-order valence-corrected chi connectivity index (χ4v) is 0.889. The molecule has 1 aliphatic heterocycles. The Bertz CT molecular complexity index is 139. The third-order valence-electron chi connectivity index (χ3n) is 1.47. The lowest BCUT2D eigenvalue weighted by molar-refractivity contribution is -0.129. The molecule has 10 heavy (non-hydrogen) atoms. The molecule has 0 N–H and O–H groups in total. The van der Waals surface area contributed by atoms with Crippen LogP contribution in [-0.2, 0) is 9.53 Å². The van der Waals surface area contributed by atoms with Gasteiger partial charge in [0.25, 0.3) is 0 Å². The number of nitrogens with zero attached hydrogens (tertiary/aromatic N) is 1. The molecule has 55 valence electrons. The Hall–Kier alpha value is -0.830. The number of morpholine rings is 1. The maximum atomic E-state index is 10.9. The van der Waals surface area contributed by atoms with Crippen molar-refractivity contribution >= 4 is 5.91 Å². The van der Waals surface area contributed by atoms with Crippen molar-refractivity contribution in [1.82, 2.24) is 4.90 Å². The molecule has 3 heteroatoms. The summed E-state index contributed by atoms with van der Waals surface area (Å²) in [4.78, 5) is 12.5. The maximum absolute atomic E-state index is 10.9. The highest BCUT2D eigenvalue weighted by molar-refractivity contribution is 5.86. The zero-order valence-electron chi connectivity index (χ0n) is 5.75. The minimum atomic E-state index is -0.108. The number of amides is 1. The monoisotopic (exact) mass is 140 g/mol. The average Bonchev–Trinajstić information content (AvgIpc) is 2.05. The molecule has 0 aromatic heterocycles. The molecule has 0 atom stereocenters. The van der Waals surface area contributed by atoms with Crippen LogP contribution in [0.25, 0.3) is 0 Å². The van der Waals surface area contributed by atoms with E-state index in [9.17, 15) is 4.79 Å². The van der Waals surface area contributed by atoms with Gasteiger partial charge < -0.3 is 9.64 Å². The summed E-state index contributed by atoms with van der Waals surface area (Å²) in [6.45, 7) is 7.61. The zero-order valence-corrected chi connectivity index (χ0v) is 5.75. The normalized spacial score (nSPS) is 18.6. The van der Waals surface area contributed by atoms with Crippen LogP contribution in [-0.4, -0.2) is 37.1 Å². The lowest BCUT2D eigenvalue weighted by atomic mass is 10.4. The van der Waals surface area contributed by atoms with Crippen LogP contribution < -0.4 is 0 Å². The summed E-state index contributed by atoms with van der Waals surface area (Å²) in [5.41, 5.74) is 0. The van der Waals surface area contributed by atoms with Crippen LogP contribution in [0.1, 0.15) is 0 Å². The Balaban J connectivity index is 2.38. The first-order chi connectivity index (χ1) is 4.84. The Labute approximate surface area is 60.3 Å². The van der Waals surface area contributed by atoms with Crippen molar-refractivity contribution in [3.05, 3.63) is 12.7 Å². The van der Waals surface area contributed by atoms with Crippen molar-refractivity contribution in [2.24, 2.45) is 0 Å². The van der Waals surface area contributed by atoms with E-state index < -0.39 is 0 Å². The molecule has 1 heterocycles. The largest absolute Gasteiger partial charge is 0.378 e. The van der Waals surface area contributed by atoms with Gasteiger partial charge in [-0.15, -0.1) is 0 Å². The number of rotatable bonds is 1. The van der Waals surface area contributed by atoms with Gasteiger partial charge in [-0.3, -0.25) is 4.79 Å². The summed E-state index contributed by atoms with van der Waals surface area (Å²) < 4.78 is 5.05. The number of carbonyl (C=O) groups excluding carboxylic acids is 1. The summed E-state index contributed by atoms with van der Waals surface area (Å²) in [5.74, 6) is -0.108. The van der Waals surface area contributed by atoms with Crippen molar-refractivity contribution in [1.29, 1.82) is 0 Å². The maximum Gasteiger partial charge on any atom is 0.246 e. The minimum absolute atomic E-state index is 0.108. The third-order valence-corrected chi connectivity index (χ3v) is 1.47. The number of ether oxygens (including phenoxy) is 1. The summed E-state index contributed by atoms with van der Waals surface area (Å²) in [6, 6.07) is 0. The molecule has 1 amide bonds. The van der Waals surface area contributed by atoms with Crippen molar-refractivity contribution in [2.45, 2.75) is 0 Å². The predicted molar refractivity (Wildman–Crippen MR) is 36.3 cm³/mol. The molecule has 1 rings (SSSR count). The van der Waals surface area contributed by atoms with E-state index in [-0.39, 0.29) is 5.91 Å². The van der Waals surface area contributed by atoms with Crippen LogP contribution in [0.3, 0.4) is 0 Å². The second kappa shape index (κ2) is 3.37. The zero-order chi connectivity index (χ0) is 7.40. The molecule has 1 saturated heterocycles. The Kier molecular flexibility index (Phi) is 2.45. The number of hydrogen-bond acceptors (Lipinski definition) is 2. The molecule has 0 unspecified atom stereocenters. The fourth-order valence-electron chi connectivity index (χ4n) is 0.889. The minimum Gasteiger partial charge on any atom is -0.378 e. The van der Waals surface area contributed by atoms with E-state index >= 15 is 0 Å².